The molecule has 0 radical (unpaired) electrons. The first-order valence-electron chi connectivity index (χ1n) is 2.59. The molecule has 0 spiro atoms. The van der Waals surface area contributed by atoms with E-state index in [1.807, 2.05) is 0 Å². The van der Waals surface area contributed by atoms with E-state index in [4.69, 9.17) is 9.66 Å². The van der Waals surface area contributed by atoms with E-state index >= 15 is 0 Å². The number of hydrogen-bond acceptors (Lipinski definition) is 9. The van der Waals surface area contributed by atoms with Crippen LogP contribution in [0.4, 0.5) is 0 Å². The summed E-state index contributed by atoms with van der Waals surface area (Å²) in [6.07, 6.45) is 0. The van der Waals surface area contributed by atoms with Gasteiger partial charge in [0.1, 0.15) is 0 Å². The molecule has 5 N–H and O–H groups in total. The van der Waals surface area contributed by atoms with Gasteiger partial charge in [-0.2, -0.15) is 16.8 Å². The number of hydrogen-bond donors (Lipinski definition) is 3. The summed E-state index contributed by atoms with van der Waals surface area (Å²) in [5.41, 5.74) is 0. The predicted octanol–water partition coefficient (Wildman–Crippen LogP) is -1.75. The first kappa shape index (κ1) is 16.6. The van der Waals surface area contributed by atoms with Crippen LogP contribution in [-0.4, -0.2) is 39.1 Å². The van der Waals surface area contributed by atoms with E-state index in [2.05, 4.69) is 12.9 Å². The second kappa shape index (κ2) is 5.91. The summed E-state index contributed by atoms with van der Waals surface area (Å²) < 4.78 is 57.7. The Morgan fingerprint density at radius 1 is 1.13 bits per heavy atom. The Morgan fingerprint density at radius 3 is 1.93 bits per heavy atom. The molecule has 0 atom stereocenters. The van der Waals surface area contributed by atoms with Crippen molar-refractivity contribution in [1.29, 1.82) is 0 Å². The molecule has 92 valence electrons. The number of carboxylic acid groups (broad SMARTS) is 1. The maximum Gasteiger partial charge on any atom is 0.428 e. The van der Waals surface area contributed by atoms with Crippen LogP contribution in [0.5, 0.6) is 0 Å². The molecule has 0 bridgehead atoms. The fourth-order valence-electron chi connectivity index (χ4n) is 0.211. The van der Waals surface area contributed by atoms with E-state index in [-0.39, 0.29) is 6.15 Å². The zero-order valence-electron chi connectivity index (χ0n) is 6.89. The van der Waals surface area contributed by atoms with Gasteiger partial charge in [0, 0.05) is 0 Å². The van der Waals surface area contributed by atoms with E-state index in [1.165, 1.54) is 0 Å². The molecular weight excluding hydrogens is 262 g/mol. The van der Waals surface area contributed by atoms with Crippen LogP contribution in [0.2, 0.25) is 0 Å². The van der Waals surface area contributed by atoms with Crippen molar-refractivity contribution in [3.8, 4) is 0 Å². The van der Waals surface area contributed by atoms with Gasteiger partial charge in [0.25, 0.3) is 0 Å². The van der Waals surface area contributed by atoms with Gasteiger partial charge in [-0.3, -0.25) is 4.55 Å². The van der Waals surface area contributed by atoms with Crippen molar-refractivity contribution in [2.24, 2.45) is 0 Å². The summed E-state index contributed by atoms with van der Waals surface area (Å²) in [7, 11) is -10.1. The standard InChI is InChI=1S/C2H4O10S2.H3N/c3-2(4)1-10-14(8,9)12-11-13(5,6)7;/h1H2,(H,3,4)(H,5,6,7);1H3. The Balaban J connectivity index is 0. The lowest BCUT2D eigenvalue weighted by molar-refractivity contribution is -0.141. The van der Waals surface area contributed by atoms with E-state index < -0.39 is 33.4 Å². The van der Waals surface area contributed by atoms with E-state index in [0.29, 0.717) is 0 Å². The second-order valence-corrected chi connectivity index (χ2v) is 3.81. The lowest BCUT2D eigenvalue weighted by Crippen LogP contribution is -2.17. The molecule has 0 aliphatic carbocycles. The normalized spacial score (nSPS) is 11.8. The Morgan fingerprint density at radius 2 is 1.60 bits per heavy atom. The van der Waals surface area contributed by atoms with Crippen LogP contribution in [0, 0.1) is 0 Å². The third-order valence-electron chi connectivity index (χ3n) is 0.524. The minimum atomic E-state index is -5.12. The lowest BCUT2D eigenvalue weighted by Gasteiger charge is -1.99. The third kappa shape index (κ3) is 11.1. The fraction of sp³-hybridized carbons (Fsp3) is 0.500. The van der Waals surface area contributed by atoms with Crippen LogP contribution in [0.15, 0.2) is 0 Å². The molecule has 0 rings (SSSR count). The molecule has 0 aromatic rings. The van der Waals surface area contributed by atoms with Crippen molar-refractivity contribution in [3.63, 3.8) is 0 Å². The molecule has 0 heterocycles. The van der Waals surface area contributed by atoms with Crippen LogP contribution in [0.1, 0.15) is 0 Å². The van der Waals surface area contributed by atoms with Gasteiger partial charge < -0.3 is 11.3 Å². The minimum absolute atomic E-state index is 0. The summed E-state index contributed by atoms with van der Waals surface area (Å²) in [5, 5.41) is 7.95. The van der Waals surface area contributed by atoms with Crippen molar-refractivity contribution in [3.05, 3.63) is 0 Å². The molecule has 15 heavy (non-hydrogen) atoms. The molecule has 0 saturated carbocycles. The molecule has 0 aromatic heterocycles. The van der Waals surface area contributed by atoms with E-state index in [0.717, 1.165) is 0 Å². The summed E-state index contributed by atoms with van der Waals surface area (Å²) >= 11 is 0. The van der Waals surface area contributed by atoms with Gasteiger partial charge >= 0.3 is 26.8 Å². The van der Waals surface area contributed by atoms with Crippen molar-refractivity contribution < 1.29 is 44.1 Å². The maximum atomic E-state index is 10.4. The van der Waals surface area contributed by atoms with Gasteiger partial charge in [0.05, 0.1) is 0 Å². The summed E-state index contributed by atoms with van der Waals surface area (Å²) in [6.45, 7) is -1.28. The third-order valence-corrected chi connectivity index (χ3v) is 1.49. The minimum Gasteiger partial charge on any atom is -0.479 e. The molecule has 0 amide bonds. The number of aliphatic carboxylic acids is 1. The highest BCUT2D eigenvalue weighted by atomic mass is 32.3. The average molecular weight is 269 g/mol. The largest absolute Gasteiger partial charge is 0.479 e. The topological polar surface area (TPSA) is 188 Å². The Labute approximate surface area is 84.3 Å². The zero-order valence-corrected chi connectivity index (χ0v) is 8.52. The Kier molecular flexibility index (Phi) is 6.54. The molecule has 0 fully saturated rings. The quantitative estimate of drug-likeness (QED) is 0.281. The van der Waals surface area contributed by atoms with Crippen molar-refractivity contribution >= 4 is 26.8 Å². The molecular formula is C2H7NO10S2. The lowest BCUT2D eigenvalue weighted by atomic mass is 10.8. The summed E-state index contributed by atoms with van der Waals surface area (Å²) in [4.78, 5) is 9.79. The van der Waals surface area contributed by atoms with Gasteiger partial charge in [-0.25, -0.2) is 8.98 Å². The fourth-order valence-corrected chi connectivity index (χ4v) is 1.05. The molecule has 0 aliphatic heterocycles. The van der Waals surface area contributed by atoms with Gasteiger partial charge in [0.2, 0.25) is 0 Å². The smallest absolute Gasteiger partial charge is 0.428 e. The first-order chi connectivity index (χ1) is 6.12. The molecule has 0 saturated heterocycles. The number of carbonyl (C=O) groups is 1. The highest BCUT2D eigenvalue weighted by molar-refractivity contribution is 7.83. The molecule has 0 aliphatic rings. The van der Waals surface area contributed by atoms with E-state index in [9.17, 15) is 21.6 Å². The van der Waals surface area contributed by atoms with Gasteiger partial charge in [-0.15, -0.1) is 0 Å². The van der Waals surface area contributed by atoms with Crippen LogP contribution >= 0.6 is 0 Å². The van der Waals surface area contributed by atoms with Gasteiger partial charge in [-0.05, 0) is 0 Å². The summed E-state index contributed by atoms with van der Waals surface area (Å²) in [6, 6.07) is 0. The monoisotopic (exact) mass is 269 g/mol. The van der Waals surface area contributed by atoms with Crippen LogP contribution in [0.25, 0.3) is 0 Å². The summed E-state index contributed by atoms with van der Waals surface area (Å²) in [5.74, 6) is -1.64. The first-order valence-corrected chi connectivity index (χ1v) is 5.28. The van der Waals surface area contributed by atoms with Crippen LogP contribution in [0.3, 0.4) is 0 Å². The molecule has 0 unspecified atom stereocenters. The highest BCUT2D eigenvalue weighted by Gasteiger charge is 2.19. The SMILES string of the molecule is N.O=C(O)COS(=O)(=O)OOS(=O)(=O)O. The van der Waals surface area contributed by atoms with Crippen LogP contribution < -0.4 is 6.15 Å². The Bertz CT molecular complexity index is 391. The van der Waals surface area contributed by atoms with Crippen molar-refractivity contribution in [2.75, 3.05) is 6.61 Å². The number of carboxylic acids is 1. The number of rotatable bonds is 6. The van der Waals surface area contributed by atoms with Crippen LogP contribution in [-0.2, 0) is 38.4 Å². The Hall–Kier alpha value is -0.830. The molecule has 13 heteroatoms. The molecule has 11 nitrogen and oxygen atoms in total. The van der Waals surface area contributed by atoms with Crippen molar-refractivity contribution in [2.45, 2.75) is 0 Å². The van der Waals surface area contributed by atoms with Crippen molar-refractivity contribution in [1.82, 2.24) is 6.15 Å². The maximum absolute atomic E-state index is 10.4. The van der Waals surface area contributed by atoms with E-state index in [1.54, 1.807) is 0 Å². The average Bonchev–Trinajstić information content (AvgIpc) is 1.97. The second-order valence-electron chi connectivity index (χ2n) is 1.63. The predicted molar refractivity (Wildman–Crippen MR) is 41.2 cm³/mol. The molecule has 0 aromatic carbocycles. The van der Waals surface area contributed by atoms with Gasteiger partial charge in [0.15, 0.2) is 6.61 Å². The van der Waals surface area contributed by atoms with Gasteiger partial charge in [-0.1, -0.05) is 8.67 Å². The zero-order chi connectivity index (χ0) is 11.4. The highest BCUT2D eigenvalue weighted by Crippen LogP contribution is 1.99.